The van der Waals surface area contributed by atoms with Crippen LogP contribution in [0.2, 0.25) is 0 Å². The molecular weight excluding hydrogens is 406 g/mol. The summed E-state index contributed by atoms with van der Waals surface area (Å²) in [6.07, 6.45) is 5.90. The van der Waals surface area contributed by atoms with E-state index in [1.54, 1.807) is 24.1 Å². The molecule has 1 aromatic heterocycles. The molecule has 1 aliphatic carbocycles. The van der Waals surface area contributed by atoms with Crippen LogP contribution in [0.15, 0.2) is 12.3 Å². The molecule has 1 saturated carbocycles. The lowest BCUT2D eigenvalue weighted by atomic mass is 9.99. The minimum Gasteiger partial charge on any atom is -0.472 e. The summed E-state index contributed by atoms with van der Waals surface area (Å²) in [7, 11) is 2.13. The Bertz CT molecular complexity index is 841. The first-order valence-corrected chi connectivity index (χ1v) is 11.7. The third kappa shape index (κ3) is 6.22. The fourth-order valence-corrected chi connectivity index (χ4v) is 4.59. The van der Waals surface area contributed by atoms with Crippen LogP contribution in [0.5, 0.6) is 5.88 Å². The molecule has 1 fully saturated rings. The number of amides is 1. The van der Waals surface area contributed by atoms with Gasteiger partial charge < -0.3 is 24.7 Å². The van der Waals surface area contributed by atoms with E-state index in [9.17, 15) is 15.0 Å². The van der Waals surface area contributed by atoms with Crippen molar-refractivity contribution in [1.82, 2.24) is 14.8 Å². The number of rotatable bonds is 6. The van der Waals surface area contributed by atoms with Crippen molar-refractivity contribution in [2.24, 2.45) is 11.8 Å². The average Bonchev–Trinajstić information content (AvgIpc) is 3.27. The number of hydrogen-bond acceptors (Lipinski definition) is 6. The van der Waals surface area contributed by atoms with E-state index >= 15 is 0 Å². The van der Waals surface area contributed by atoms with Crippen LogP contribution in [0, 0.1) is 23.7 Å². The molecule has 1 aromatic rings. The summed E-state index contributed by atoms with van der Waals surface area (Å²) in [5, 5.41) is 19.2. The fraction of sp³-hybridized carbons (Fsp3) is 0.680. The summed E-state index contributed by atoms with van der Waals surface area (Å²) >= 11 is 0. The molecule has 1 aliphatic heterocycles. The van der Waals surface area contributed by atoms with Crippen molar-refractivity contribution in [2.75, 3.05) is 33.3 Å². The van der Waals surface area contributed by atoms with Crippen LogP contribution >= 0.6 is 0 Å². The maximum atomic E-state index is 13.4. The number of aliphatic hydroxyl groups excluding tert-OH is 2. The molecule has 0 aromatic carbocycles. The molecule has 7 nitrogen and oxygen atoms in total. The molecular formula is C25H37N3O4. The van der Waals surface area contributed by atoms with Crippen molar-refractivity contribution in [3.8, 4) is 17.7 Å². The largest absolute Gasteiger partial charge is 0.472 e. The van der Waals surface area contributed by atoms with Crippen LogP contribution in [0.4, 0.5) is 0 Å². The van der Waals surface area contributed by atoms with Gasteiger partial charge in [0, 0.05) is 37.3 Å². The smallest absolute Gasteiger partial charge is 0.259 e. The van der Waals surface area contributed by atoms with E-state index in [1.165, 1.54) is 25.7 Å². The minimum absolute atomic E-state index is 0.0728. The Hall–Kier alpha value is -2.14. The number of pyridine rings is 1. The van der Waals surface area contributed by atoms with Crippen LogP contribution in [0.25, 0.3) is 0 Å². The molecule has 2 heterocycles. The molecule has 0 radical (unpaired) electrons. The zero-order valence-electron chi connectivity index (χ0n) is 19.8. The Labute approximate surface area is 191 Å². The number of aliphatic hydroxyl groups is 2. The molecule has 2 N–H and O–H groups in total. The molecule has 0 bridgehead atoms. The van der Waals surface area contributed by atoms with Crippen molar-refractivity contribution in [1.29, 1.82) is 0 Å². The Kier molecular flexibility index (Phi) is 8.52. The van der Waals surface area contributed by atoms with Crippen molar-refractivity contribution >= 4 is 5.91 Å². The highest BCUT2D eigenvalue weighted by atomic mass is 16.5. The van der Waals surface area contributed by atoms with E-state index in [1.807, 2.05) is 6.92 Å². The van der Waals surface area contributed by atoms with Crippen molar-refractivity contribution < 1.29 is 19.7 Å². The van der Waals surface area contributed by atoms with E-state index in [2.05, 4.69) is 35.7 Å². The molecule has 32 heavy (non-hydrogen) atoms. The van der Waals surface area contributed by atoms with E-state index in [4.69, 9.17) is 4.74 Å². The van der Waals surface area contributed by atoms with Gasteiger partial charge in [0.15, 0.2) is 0 Å². The normalized spacial score (nSPS) is 23.6. The summed E-state index contributed by atoms with van der Waals surface area (Å²) in [6.45, 7) is 7.70. The van der Waals surface area contributed by atoms with Gasteiger partial charge in [-0.15, -0.1) is 0 Å². The van der Waals surface area contributed by atoms with Crippen LogP contribution in [0.1, 0.15) is 62.4 Å². The minimum atomic E-state index is -0.768. The number of likely N-dealkylation sites (N-methyl/N-ethyl adjacent to an activating group) is 1. The van der Waals surface area contributed by atoms with E-state index in [0.717, 1.165) is 19.0 Å². The van der Waals surface area contributed by atoms with Crippen molar-refractivity contribution in [3.63, 3.8) is 0 Å². The second-order valence-electron chi connectivity index (χ2n) is 9.52. The Morgan fingerprint density at radius 2 is 2.03 bits per heavy atom. The highest BCUT2D eigenvalue weighted by Gasteiger charge is 2.34. The van der Waals surface area contributed by atoms with Gasteiger partial charge >= 0.3 is 0 Å². The highest BCUT2D eigenvalue weighted by molar-refractivity contribution is 5.97. The van der Waals surface area contributed by atoms with Gasteiger partial charge in [0.1, 0.15) is 17.8 Å². The molecule has 0 saturated heterocycles. The summed E-state index contributed by atoms with van der Waals surface area (Å²) in [5.74, 6) is 6.44. The van der Waals surface area contributed by atoms with E-state index < -0.39 is 6.10 Å². The Morgan fingerprint density at radius 3 is 2.69 bits per heavy atom. The number of ether oxygens (including phenoxy) is 1. The first-order valence-electron chi connectivity index (χ1n) is 11.7. The quantitative estimate of drug-likeness (QED) is 0.656. The zero-order chi connectivity index (χ0) is 23.3. The molecule has 176 valence electrons. The maximum Gasteiger partial charge on any atom is 0.259 e. The average molecular weight is 444 g/mol. The number of carbonyl (C=O) groups excluding carboxylic acids is 1. The number of carbonyl (C=O) groups is 1. The van der Waals surface area contributed by atoms with Gasteiger partial charge in [-0.25, -0.2) is 4.98 Å². The standard InChI is InChI=1S/C25H37N3O4/c1-17-13-28(18(2)16-29)25(31)22-11-21(10-9-19(3)30)12-26-24(22)32-23(17)15-27(4)14-20-7-5-6-8-20/h11-12,17-20,23,29-30H,5-8,13-16H2,1-4H3/t17-,18-,19+,23+/m0/s1. The van der Waals surface area contributed by atoms with E-state index in [0.29, 0.717) is 23.6 Å². The van der Waals surface area contributed by atoms with Crippen LogP contribution < -0.4 is 4.74 Å². The first kappa shape index (κ1) is 24.5. The van der Waals surface area contributed by atoms with E-state index in [-0.39, 0.29) is 30.6 Å². The molecule has 7 heteroatoms. The topological polar surface area (TPSA) is 86.1 Å². The van der Waals surface area contributed by atoms with Gasteiger partial charge in [0.25, 0.3) is 5.91 Å². The number of nitrogens with zero attached hydrogens (tertiary/aromatic N) is 3. The zero-order valence-corrected chi connectivity index (χ0v) is 19.8. The van der Waals surface area contributed by atoms with Crippen LogP contribution in [-0.2, 0) is 0 Å². The summed E-state index contributed by atoms with van der Waals surface area (Å²) in [6, 6.07) is 1.35. The van der Waals surface area contributed by atoms with Gasteiger partial charge in [0.05, 0.1) is 12.6 Å². The van der Waals surface area contributed by atoms with Crippen LogP contribution in [0.3, 0.4) is 0 Å². The Morgan fingerprint density at radius 1 is 1.31 bits per heavy atom. The molecule has 2 aliphatic rings. The maximum absolute atomic E-state index is 13.4. The van der Waals surface area contributed by atoms with Gasteiger partial charge in [0.2, 0.25) is 5.88 Å². The first-order chi connectivity index (χ1) is 15.3. The van der Waals surface area contributed by atoms with Crippen LogP contribution in [-0.4, -0.2) is 82.4 Å². The molecule has 4 atom stereocenters. The lowest BCUT2D eigenvalue weighted by Gasteiger charge is -2.38. The third-order valence-corrected chi connectivity index (χ3v) is 6.48. The van der Waals surface area contributed by atoms with Gasteiger partial charge in [-0.2, -0.15) is 0 Å². The predicted octanol–water partition coefficient (Wildman–Crippen LogP) is 2.16. The summed E-state index contributed by atoms with van der Waals surface area (Å²) in [4.78, 5) is 21.8. The molecule has 0 unspecified atom stereocenters. The number of aromatic nitrogens is 1. The predicted molar refractivity (Wildman–Crippen MR) is 123 cm³/mol. The van der Waals surface area contributed by atoms with Crippen molar-refractivity contribution in [2.45, 2.75) is 64.7 Å². The highest BCUT2D eigenvalue weighted by Crippen LogP contribution is 2.29. The second kappa shape index (κ2) is 11.1. The van der Waals surface area contributed by atoms with Gasteiger partial charge in [-0.1, -0.05) is 31.6 Å². The Balaban J connectivity index is 1.88. The molecule has 0 spiro atoms. The third-order valence-electron chi connectivity index (χ3n) is 6.48. The molecule has 3 rings (SSSR count). The SMILES string of the molecule is C[C@@H](O)C#Cc1cnc2c(c1)C(=O)N([C@@H](C)CO)C[C@H](C)[C@@H](CN(C)CC1CCCC1)O2. The van der Waals surface area contributed by atoms with Gasteiger partial charge in [-0.3, -0.25) is 4.79 Å². The lowest BCUT2D eigenvalue weighted by Crippen LogP contribution is -2.50. The summed E-state index contributed by atoms with van der Waals surface area (Å²) in [5.41, 5.74) is 0.889. The monoisotopic (exact) mass is 443 g/mol. The molecule has 1 amide bonds. The van der Waals surface area contributed by atoms with Gasteiger partial charge in [-0.05, 0) is 45.7 Å². The van der Waals surface area contributed by atoms with Crippen molar-refractivity contribution in [3.05, 3.63) is 23.4 Å². The lowest BCUT2D eigenvalue weighted by molar-refractivity contribution is 0.0320. The number of hydrogen-bond donors (Lipinski definition) is 2. The summed E-state index contributed by atoms with van der Waals surface area (Å²) < 4.78 is 6.34. The fourth-order valence-electron chi connectivity index (χ4n) is 4.59. The second-order valence-corrected chi connectivity index (χ2v) is 9.52. The number of fused-ring (bicyclic) bond motifs is 1.